The number of aliphatic imine (C=N–C) groups is 1. The van der Waals surface area contributed by atoms with E-state index in [1.807, 2.05) is 51.1 Å². The normalized spacial score (nSPS) is 33.3. The van der Waals surface area contributed by atoms with E-state index in [0.717, 1.165) is 5.56 Å². The quantitative estimate of drug-likeness (QED) is 0.853. The standard InChI is InChI=1S/C14H19NO2/c1-4-14(16)11(3)15-10(2)13(17-14)12-8-6-5-7-9-12/h5-10,13,16H,4H2,1-3H3/t10-,13+,14+/m1/s1. The molecule has 0 aromatic heterocycles. The molecule has 0 fully saturated rings. The molecule has 0 spiro atoms. The second-order valence-corrected chi connectivity index (χ2v) is 4.54. The summed E-state index contributed by atoms with van der Waals surface area (Å²) in [4.78, 5) is 4.51. The Labute approximate surface area is 102 Å². The van der Waals surface area contributed by atoms with Crippen LogP contribution in [-0.4, -0.2) is 22.6 Å². The summed E-state index contributed by atoms with van der Waals surface area (Å²) in [5, 5.41) is 10.3. The van der Waals surface area contributed by atoms with Crippen LogP contribution in [0.1, 0.15) is 38.9 Å². The number of aliphatic hydroxyl groups is 1. The van der Waals surface area contributed by atoms with Crippen molar-refractivity contribution in [2.45, 2.75) is 45.1 Å². The van der Waals surface area contributed by atoms with Gasteiger partial charge in [-0.3, -0.25) is 4.99 Å². The Hall–Kier alpha value is -1.19. The van der Waals surface area contributed by atoms with Crippen LogP contribution in [0.15, 0.2) is 35.3 Å². The Bertz CT molecular complexity index is 415. The summed E-state index contributed by atoms with van der Waals surface area (Å²) in [6, 6.07) is 9.96. The van der Waals surface area contributed by atoms with Crippen molar-refractivity contribution in [3.63, 3.8) is 0 Å². The van der Waals surface area contributed by atoms with Gasteiger partial charge in [-0.1, -0.05) is 37.3 Å². The van der Waals surface area contributed by atoms with Crippen molar-refractivity contribution in [3.8, 4) is 0 Å². The van der Waals surface area contributed by atoms with Crippen LogP contribution < -0.4 is 0 Å². The molecule has 2 rings (SSSR count). The molecule has 1 aromatic rings. The van der Waals surface area contributed by atoms with Gasteiger partial charge in [0.25, 0.3) is 0 Å². The molecule has 1 aromatic carbocycles. The van der Waals surface area contributed by atoms with Gasteiger partial charge in [0.05, 0.1) is 11.8 Å². The number of ether oxygens (including phenoxy) is 1. The fourth-order valence-corrected chi connectivity index (χ4v) is 2.20. The van der Waals surface area contributed by atoms with Crippen molar-refractivity contribution in [2.24, 2.45) is 4.99 Å². The minimum atomic E-state index is -1.22. The molecule has 1 aliphatic heterocycles. The van der Waals surface area contributed by atoms with E-state index in [2.05, 4.69) is 4.99 Å². The van der Waals surface area contributed by atoms with Crippen molar-refractivity contribution in [1.29, 1.82) is 0 Å². The lowest BCUT2D eigenvalue weighted by molar-refractivity contribution is -0.197. The van der Waals surface area contributed by atoms with Gasteiger partial charge in [-0.05, 0) is 19.4 Å². The number of hydrogen-bond acceptors (Lipinski definition) is 3. The first kappa shape index (κ1) is 12.3. The zero-order valence-electron chi connectivity index (χ0n) is 10.6. The molecule has 3 nitrogen and oxygen atoms in total. The van der Waals surface area contributed by atoms with E-state index >= 15 is 0 Å². The predicted octanol–water partition coefficient (Wildman–Crippen LogP) is 2.71. The summed E-state index contributed by atoms with van der Waals surface area (Å²) in [6.45, 7) is 5.73. The highest BCUT2D eigenvalue weighted by atomic mass is 16.6. The first-order chi connectivity index (χ1) is 8.07. The molecule has 0 bridgehead atoms. The Morgan fingerprint density at radius 1 is 1.35 bits per heavy atom. The van der Waals surface area contributed by atoms with Crippen LogP contribution in [-0.2, 0) is 4.74 Å². The van der Waals surface area contributed by atoms with Gasteiger partial charge in [0.2, 0.25) is 5.79 Å². The van der Waals surface area contributed by atoms with Gasteiger partial charge in [0.15, 0.2) is 0 Å². The molecule has 92 valence electrons. The van der Waals surface area contributed by atoms with E-state index in [0.29, 0.717) is 12.1 Å². The molecule has 0 radical (unpaired) electrons. The first-order valence-electron chi connectivity index (χ1n) is 6.07. The van der Waals surface area contributed by atoms with Gasteiger partial charge in [-0.2, -0.15) is 0 Å². The molecule has 0 aliphatic carbocycles. The van der Waals surface area contributed by atoms with Crippen molar-refractivity contribution in [2.75, 3.05) is 0 Å². The maximum absolute atomic E-state index is 10.3. The summed E-state index contributed by atoms with van der Waals surface area (Å²) in [5.41, 5.74) is 1.72. The van der Waals surface area contributed by atoms with Gasteiger partial charge in [-0.25, -0.2) is 0 Å². The molecule has 1 N–H and O–H groups in total. The summed E-state index contributed by atoms with van der Waals surface area (Å²) in [5.74, 6) is -1.22. The number of hydrogen-bond donors (Lipinski definition) is 1. The number of rotatable bonds is 2. The lowest BCUT2D eigenvalue weighted by Gasteiger charge is -2.38. The molecule has 3 heteroatoms. The largest absolute Gasteiger partial charge is 0.361 e. The minimum Gasteiger partial charge on any atom is -0.361 e. The summed E-state index contributed by atoms with van der Waals surface area (Å²) >= 11 is 0. The van der Waals surface area contributed by atoms with Crippen LogP contribution in [0.5, 0.6) is 0 Å². The highest BCUT2D eigenvalue weighted by molar-refractivity contribution is 5.89. The molecule has 3 atom stereocenters. The van der Waals surface area contributed by atoms with Crippen LogP contribution in [0.2, 0.25) is 0 Å². The van der Waals surface area contributed by atoms with Gasteiger partial charge < -0.3 is 9.84 Å². The Balaban J connectivity index is 2.33. The monoisotopic (exact) mass is 233 g/mol. The third-order valence-corrected chi connectivity index (χ3v) is 3.33. The molecule has 1 heterocycles. The van der Waals surface area contributed by atoms with E-state index in [4.69, 9.17) is 4.74 Å². The summed E-state index contributed by atoms with van der Waals surface area (Å²) in [7, 11) is 0. The van der Waals surface area contributed by atoms with Crippen LogP contribution in [0.4, 0.5) is 0 Å². The molecule has 0 saturated carbocycles. The Morgan fingerprint density at radius 3 is 2.59 bits per heavy atom. The zero-order valence-corrected chi connectivity index (χ0v) is 10.6. The van der Waals surface area contributed by atoms with Gasteiger partial charge in [0, 0.05) is 6.42 Å². The number of benzene rings is 1. The van der Waals surface area contributed by atoms with Gasteiger partial charge in [0.1, 0.15) is 6.10 Å². The Kier molecular flexibility index (Phi) is 3.31. The van der Waals surface area contributed by atoms with Crippen molar-refractivity contribution < 1.29 is 9.84 Å². The molecular formula is C14H19NO2. The molecular weight excluding hydrogens is 214 g/mol. The maximum Gasteiger partial charge on any atom is 0.205 e. The Morgan fingerprint density at radius 2 is 2.00 bits per heavy atom. The fraction of sp³-hybridized carbons (Fsp3) is 0.500. The third-order valence-electron chi connectivity index (χ3n) is 3.33. The molecule has 0 saturated heterocycles. The first-order valence-corrected chi connectivity index (χ1v) is 6.07. The second-order valence-electron chi connectivity index (χ2n) is 4.54. The van der Waals surface area contributed by atoms with E-state index < -0.39 is 5.79 Å². The van der Waals surface area contributed by atoms with Crippen LogP contribution >= 0.6 is 0 Å². The summed E-state index contributed by atoms with van der Waals surface area (Å²) in [6.07, 6.45) is 0.336. The minimum absolute atomic E-state index is 0.0317. The highest BCUT2D eigenvalue weighted by Crippen LogP contribution is 2.34. The fourth-order valence-electron chi connectivity index (χ4n) is 2.20. The van der Waals surface area contributed by atoms with E-state index in [1.165, 1.54) is 0 Å². The van der Waals surface area contributed by atoms with Gasteiger partial charge in [-0.15, -0.1) is 0 Å². The number of nitrogens with zero attached hydrogens (tertiary/aromatic N) is 1. The summed E-state index contributed by atoms with van der Waals surface area (Å²) < 4.78 is 5.86. The highest BCUT2D eigenvalue weighted by Gasteiger charge is 2.39. The maximum atomic E-state index is 10.3. The lowest BCUT2D eigenvalue weighted by Crippen LogP contribution is -2.46. The van der Waals surface area contributed by atoms with Crippen molar-refractivity contribution in [3.05, 3.63) is 35.9 Å². The van der Waals surface area contributed by atoms with Crippen molar-refractivity contribution >= 4 is 5.71 Å². The molecule has 0 unspecified atom stereocenters. The third kappa shape index (κ3) is 2.26. The van der Waals surface area contributed by atoms with Crippen LogP contribution in [0.25, 0.3) is 0 Å². The average Bonchev–Trinajstić information content (AvgIpc) is 2.35. The van der Waals surface area contributed by atoms with E-state index in [1.54, 1.807) is 0 Å². The smallest absolute Gasteiger partial charge is 0.205 e. The zero-order chi connectivity index (χ0) is 12.5. The second kappa shape index (κ2) is 4.59. The van der Waals surface area contributed by atoms with Crippen LogP contribution in [0, 0.1) is 0 Å². The topological polar surface area (TPSA) is 41.8 Å². The van der Waals surface area contributed by atoms with Gasteiger partial charge >= 0.3 is 0 Å². The van der Waals surface area contributed by atoms with E-state index in [-0.39, 0.29) is 12.1 Å². The lowest BCUT2D eigenvalue weighted by atomic mass is 9.98. The van der Waals surface area contributed by atoms with Crippen LogP contribution in [0.3, 0.4) is 0 Å². The van der Waals surface area contributed by atoms with E-state index in [9.17, 15) is 5.11 Å². The molecule has 17 heavy (non-hydrogen) atoms. The SMILES string of the molecule is CC[C@]1(O)O[C@H](c2ccccc2)[C@@H](C)N=C1C. The molecule has 1 aliphatic rings. The van der Waals surface area contributed by atoms with Crippen molar-refractivity contribution in [1.82, 2.24) is 0 Å². The predicted molar refractivity (Wildman–Crippen MR) is 68.1 cm³/mol. The molecule has 0 amide bonds. The average molecular weight is 233 g/mol.